The van der Waals surface area contributed by atoms with E-state index in [0.717, 1.165) is 60.2 Å². The van der Waals surface area contributed by atoms with Crippen LogP contribution in [0.2, 0.25) is 0 Å². The summed E-state index contributed by atoms with van der Waals surface area (Å²) in [5.41, 5.74) is 0.869. The van der Waals surface area contributed by atoms with Crippen LogP contribution in [0.4, 0.5) is 0 Å². The maximum absolute atomic E-state index is 13.1. The number of amides is 1. The minimum absolute atomic E-state index is 0.0586. The molecule has 25 heavy (non-hydrogen) atoms. The van der Waals surface area contributed by atoms with Crippen molar-refractivity contribution < 1.29 is 9.21 Å². The van der Waals surface area contributed by atoms with E-state index in [1.807, 2.05) is 18.2 Å². The molecule has 0 aliphatic heterocycles. The van der Waals surface area contributed by atoms with E-state index >= 15 is 0 Å². The highest BCUT2D eigenvalue weighted by molar-refractivity contribution is 5.83. The van der Waals surface area contributed by atoms with E-state index in [1.165, 1.54) is 19.3 Å². The molecule has 0 spiro atoms. The Balaban J connectivity index is 1.27. The van der Waals surface area contributed by atoms with Gasteiger partial charge in [0.2, 0.25) is 5.91 Å². The maximum Gasteiger partial charge on any atom is 0.226 e. The third-order valence-electron chi connectivity index (χ3n) is 6.88. The molecule has 0 saturated heterocycles. The van der Waals surface area contributed by atoms with Gasteiger partial charge < -0.3 is 9.73 Å². The lowest BCUT2D eigenvalue weighted by atomic mass is 9.49. The lowest BCUT2D eigenvalue weighted by Crippen LogP contribution is -2.55. The van der Waals surface area contributed by atoms with Crippen LogP contribution in [0.5, 0.6) is 0 Å². The van der Waals surface area contributed by atoms with Crippen molar-refractivity contribution in [1.82, 2.24) is 5.32 Å². The number of nitrogens with one attached hydrogen (secondary N) is 1. The summed E-state index contributed by atoms with van der Waals surface area (Å²) < 4.78 is 5.92. The summed E-state index contributed by atoms with van der Waals surface area (Å²) in [7, 11) is 0. The first-order valence-corrected chi connectivity index (χ1v) is 9.88. The highest BCUT2D eigenvalue weighted by Crippen LogP contribution is 2.60. The zero-order valence-electron chi connectivity index (χ0n) is 15.0. The number of carbonyl (C=O) groups excluding carboxylic acids is 1. The molecule has 4 aliphatic carbocycles. The monoisotopic (exact) mass is 337 g/mol. The molecule has 4 bridgehead atoms. The van der Waals surface area contributed by atoms with Gasteiger partial charge in [0.15, 0.2) is 0 Å². The molecule has 2 aromatic rings. The highest BCUT2D eigenvalue weighted by Gasteiger charge is 2.54. The topological polar surface area (TPSA) is 42.2 Å². The van der Waals surface area contributed by atoms with Gasteiger partial charge >= 0.3 is 0 Å². The van der Waals surface area contributed by atoms with Gasteiger partial charge in [-0.1, -0.05) is 18.2 Å². The Kier molecular flexibility index (Phi) is 3.48. The Hall–Kier alpha value is -1.77. The van der Waals surface area contributed by atoms with Gasteiger partial charge in [0.05, 0.1) is 0 Å². The van der Waals surface area contributed by atoms with Gasteiger partial charge in [-0.15, -0.1) is 0 Å². The molecular formula is C22H27NO2. The number of hydrogen-bond acceptors (Lipinski definition) is 2. The quantitative estimate of drug-likeness (QED) is 0.879. The molecule has 4 aliphatic rings. The number of carbonyl (C=O) groups is 1. The number of furan rings is 1. The molecule has 1 heterocycles. The molecule has 4 saturated carbocycles. The van der Waals surface area contributed by atoms with Gasteiger partial charge in [-0.2, -0.15) is 0 Å². The fourth-order valence-corrected chi connectivity index (χ4v) is 6.26. The molecule has 132 valence electrons. The third-order valence-corrected chi connectivity index (χ3v) is 6.88. The highest BCUT2D eigenvalue weighted by atomic mass is 16.3. The van der Waals surface area contributed by atoms with Crippen molar-refractivity contribution in [3.63, 3.8) is 0 Å². The van der Waals surface area contributed by atoms with E-state index in [4.69, 9.17) is 4.42 Å². The average molecular weight is 337 g/mol. The molecule has 0 unspecified atom stereocenters. The second-order valence-electron chi connectivity index (χ2n) is 9.03. The van der Waals surface area contributed by atoms with Crippen molar-refractivity contribution in [2.75, 3.05) is 0 Å². The van der Waals surface area contributed by atoms with Crippen LogP contribution in [0, 0.1) is 23.2 Å². The standard InChI is InChI=1S/C22H27NO2/c1-14(6-19-10-18-4-2-3-5-20(18)25-19)23-21(24)22-11-15-7-16(12-22)9-17(8-15)13-22/h2-5,10,14-17H,6-9,11-13H2,1H3,(H,23,24)/t14-,15?,16?,17?,22?/m1/s1. The van der Waals surface area contributed by atoms with Crippen LogP contribution in [0.25, 0.3) is 11.0 Å². The number of benzene rings is 1. The fraction of sp³-hybridized carbons (Fsp3) is 0.591. The van der Waals surface area contributed by atoms with Crippen LogP contribution in [-0.4, -0.2) is 11.9 Å². The predicted octanol–water partition coefficient (Wildman–Crippen LogP) is 4.70. The molecule has 3 nitrogen and oxygen atoms in total. The molecule has 0 radical (unpaired) electrons. The molecule has 1 N–H and O–H groups in total. The number of hydrogen-bond donors (Lipinski definition) is 1. The summed E-state index contributed by atoms with van der Waals surface area (Å²) in [6.45, 7) is 2.10. The molecule has 1 amide bonds. The largest absolute Gasteiger partial charge is 0.461 e. The summed E-state index contributed by atoms with van der Waals surface area (Å²) in [5.74, 6) is 3.70. The number of fused-ring (bicyclic) bond motifs is 1. The van der Waals surface area contributed by atoms with Gasteiger partial charge in [0.25, 0.3) is 0 Å². The third kappa shape index (κ3) is 2.68. The summed E-state index contributed by atoms with van der Waals surface area (Å²) in [6, 6.07) is 10.3. The predicted molar refractivity (Wildman–Crippen MR) is 98.1 cm³/mol. The normalized spacial score (nSPS) is 34.4. The van der Waals surface area contributed by atoms with Crippen molar-refractivity contribution in [1.29, 1.82) is 0 Å². The Labute approximate surface area is 149 Å². The van der Waals surface area contributed by atoms with Crippen molar-refractivity contribution in [2.45, 2.75) is 57.9 Å². The summed E-state index contributed by atoms with van der Waals surface area (Å²) in [5, 5.41) is 4.47. The van der Waals surface area contributed by atoms with Crippen molar-refractivity contribution in [3.8, 4) is 0 Å². The van der Waals surface area contributed by atoms with Gasteiger partial charge in [0.1, 0.15) is 11.3 Å². The Bertz CT molecular complexity index is 737. The van der Waals surface area contributed by atoms with E-state index in [0.29, 0.717) is 5.91 Å². The molecule has 6 rings (SSSR count). The fourth-order valence-electron chi connectivity index (χ4n) is 6.26. The van der Waals surface area contributed by atoms with E-state index in [2.05, 4.69) is 24.4 Å². The first-order valence-electron chi connectivity index (χ1n) is 9.88. The number of rotatable bonds is 4. The first kappa shape index (κ1) is 15.5. The lowest BCUT2D eigenvalue weighted by Gasteiger charge is -2.55. The minimum atomic E-state index is -0.0586. The molecule has 1 aromatic heterocycles. The van der Waals surface area contributed by atoms with E-state index in [-0.39, 0.29) is 11.5 Å². The summed E-state index contributed by atoms with van der Waals surface area (Å²) in [6.07, 6.45) is 8.27. The van der Waals surface area contributed by atoms with E-state index < -0.39 is 0 Å². The molecule has 1 atom stereocenters. The average Bonchev–Trinajstić information content (AvgIpc) is 2.95. The zero-order chi connectivity index (χ0) is 17.0. The zero-order valence-corrected chi connectivity index (χ0v) is 15.0. The van der Waals surface area contributed by atoms with Crippen molar-refractivity contribution in [3.05, 3.63) is 36.1 Å². The van der Waals surface area contributed by atoms with Crippen molar-refractivity contribution >= 4 is 16.9 Å². The second-order valence-corrected chi connectivity index (χ2v) is 9.03. The van der Waals surface area contributed by atoms with Crippen LogP contribution < -0.4 is 5.32 Å². The van der Waals surface area contributed by atoms with Gasteiger partial charge in [-0.3, -0.25) is 4.79 Å². The second kappa shape index (κ2) is 5.62. The SMILES string of the molecule is C[C@H](Cc1cc2ccccc2o1)NC(=O)C12CC3CC(CC(C3)C1)C2. The Morgan fingerprint density at radius 2 is 1.80 bits per heavy atom. The van der Waals surface area contributed by atoms with Crippen molar-refractivity contribution in [2.24, 2.45) is 23.2 Å². The van der Waals surface area contributed by atoms with Gasteiger partial charge in [-0.25, -0.2) is 0 Å². The van der Waals surface area contributed by atoms with Crippen LogP contribution in [0.3, 0.4) is 0 Å². The van der Waals surface area contributed by atoms with E-state index in [1.54, 1.807) is 0 Å². The van der Waals surface area contributed by atoms with Gasteiger partial charge in [-0.05, 0) is 75.3 Å². The molecular weight excluding hydrogens is 310 g/mol. The summed E-state index contributed by atoms with van der Waals surface area (Å²) in [4.78, 5) is 13.1. The lowest BCUT2D eigenvalue weighted by molar-refractivity contribution is -0.146. The smallest absolute Gasteiger partial charge is 0.226 e. The van der Waals surface area contributed by atoms with E-state index in [9.17, 15) is 4.79 Å². The first-order chi connectivity index (χ1) is 12.1. The number of para-hydroxylation sites is 1. The van der Waals surface area contributed by atoms with Gasteiger partial charge in [0, 0.05) is 23.3 Å². The summed E-state index contributed by atoms with van der Waals surface area (Å²) >= 11 is 0. The van der Waals surface area contributed by atoms with Crippen LogP contribution in [0.15, 0.2) is 34.7 Å². The minimum Gasteiger partial charge on any atom is -0.461 e. The maximum atomic E-state index is 13.1. The Morgan fingerprint density at radius 3 is 2.44 bits per heavy atom. The Morgan fingerprint density at radius 1 is 1.16 bits per heavy atom. The van der Waals surface area contributed by atoms with Crippen LogP contribution in [-0.2, 0) is 11.2 Å². The van der Waals surface area contributed by atoms with Crippen LogP contribution in [0.1, 0.15) is 51.2 Å². The van der Waals surface area contributed by atoms with Crippen LogP contribution >= 0.6 is 0 Å². The molecule has 3 heteroatoms. The molecule has 4 fully saturated rings. The molecule has 1 aromatic carbocycles.